The normalized spacial score (nSPS) is 11.7. The average molecular weight is 398 g/mol. The van der Waals surface area contributed by atoms with Gasteiger partial charge in [0.25, 0.3) is 5.91 Å². The van der Waals surface area contributed by atoms with Crippen molar-refractivity contribution in [3.05, 3.63) is 76.8 Å². The molecule has 5 nitrogen and oxygen atoms in total. The number of ether oxygens (including phenoxy) is 2. The molecule has 3 rings (SSSR count). The summed E-state index contributed by atoms with van der Waals surface area (Å²) in [4.78, 5) is 24.9. The summed E-state index contributed by atoms with van der Waals surface area (Å²) >= 11 is 6.16. The second kappa shape index (κ2) is 8.76. The molecule has 0 aromatic heterocycles. The van der Waals surface area contributed by atoms with Crippen LogP contribution in [0.25, 0.3) is 10.8 Å². The molecule has 0 saturated carbocycles. The molecule has 0 aliphatic rings. The molecule has 0 aliphatic carbocycles. The minimum Gasteiger partial charge on any atom is -0.495 e. The van der Waals surface area contributed by atoms with Crippen LogP contribution in [0.3, 0.4) is 0 Å². The number of halogens is 1. The molecule has 0 saturated heterocycles. The van der Waals surface area contributed by atoms with Crippen LogP contribution in [0, 0.1) is 0 Å². The molecule has 1 atom stereocenters. The lowest BCUT2D eigenvalue weighted by Crippen LogP contribution is -2.43. The van der Waals surface area contributed by atoms with Gasteiger partial charge in [-0.05, 0) is 40.6 Å². The van der Waals surface area contributed by atoms with Gasteiger partial charge in [-0.1, -0.05) is 48.0 Å². The average Bonchev–Trinajstić information content (AvgIpc) is 2.72. The van der Waals surface area contributed by atoms with Crippen LogP contribution in [0.1, 0.15) is 15.9 Å². The monoisotopic (exact) mass is 397 g/mol. The Hall–Kier alpha value is -3.05. The van der Waals surface area contributed by atoms with E-state index in [0.717, 1.165) is 16.3 Å². The van der Waals surface area contributed by atoms with Crippen molar-refractivity contribution in [2.24, 2.45) is 0 Å². The maximum Gasteiger partial charge on any atom is 0.328 e. The minimum absolute atomic E-state index is 0.246. The summed E-state index contributed by atoms with van der Waals surface area (Å²) < 4.78 is 9.99. The first-order valence-electron chi connectivity index (χ1n) is 8.71. The molecule has 144 valence electrons. The third-order valence-corrected chi connectivity index (χ3v) is 4.75. The van der Waals surface area contributed by atoms with Gasteiger partial charge < -0.3 is 14.8 Å². The summed E-state index contributed by atoms with van der Waals surface area (Å²) in [5.41, 5.74) is 1.25. The summed E-state index contributed by atoms with van der Waals surface area (Å²) in [6, 6.07) is 17.5. The zero-order valence-electron chi connectivity index (χ0n) is 15.6. The number of carbonyl (C=O) groups excluding carboxylic acids is 2. The highest BCUT2D eigenvalue weighted by atomic mass is 35.5. The Morgan fingerprint density at radius 2 is 1.75 bits per heavy atom. The van der Waals surface area contributed by atoms with E-state index in [-0.39, 0.29) is 12.3 Å². The molecule has 28 heavy (non-hydrogen) atoms. The van der Waals surface area contributed by atoms with Gasteiger partial charge in [0.1, 0.15) is 11.8 Å². The maximum atomic E-state index is 12.7. The molecule has 1 N–H and O–H groups in total. The van der Waals surface area contributed by atoms with Crippen LogP contribution >= 0.6 is 11.6 Å². The van der Waals surface area contributed by atoms with Crippen LogP contribution < -0.4 is 10.1 Å². The summed E-state index contributed by atoms with van der Waals surface area (Å²) in [5.74, 6) is -0.331. The lowest BCUT2D eigenvalue weighted by Gasteiger charge is -2.17. The molecule has 0 fully saturated rings. The Bertz CT molecular complexity index is 1020. The number of rotatable bonds is 6. The van der Waals surface area contributed by atoms with Crippen LogP contribution in [0.15, 0.2) is 60.7 Å². The standard InChI is InChI=1S/C22H20ClNO4/c1-27-20-10-7-14(11-18(20)23)12-19(22(26)28-2)24-21(25)17-9-8-15-5-3-4-6-16(15)13-17/h3-11,13,19H,12H2,1-2H3,(H,24,25)/t19-/m0/s1. The van der Waals surface area contributed by atoms with Crippen LogP contribution in [-0.2, 0) is 16.0 Å². The Balaban J connectivity index is 1.80. The molecule has 6 heteroatoms. The van der Waals surface area contributed by atoms with Crippen LogP contribution in [0.4, 0.5) is 0 Å². The highest BCUT2D eigenvalue weighted by Gasteiger charge is 2.23. The van der Waals surface area contributed by atoms with Gasteiger partial charge in [0.15, 0.2) is 0 Å². The third-order valence-electron chi connectivity index (χ3n) is 4.46. The topological polar surface area (TPSA) is 64.6 Å². The fourth-order valence-electron chi connectivity index (χ4n) is 2.98. The quantitative estimate of drug-likeness (QED) is 0.638. The molecule has 3 aromatic carbocycles. The number of fused-ring (bicyclic) bond motifs is 1. The van der Waals surface area contributed by atoms with E-state index >= 15 is 0 Å². The Kier molecular flexibility index (Phi) is 6.16. The number of hydrogen-bond acceptors (Lipinski definition) is 4. The lowest BCUT2D eigenvalue weighted by molar-refractivity contribution is -0.142. The number of methoxy groups -OCH3 is 2. The molecule has 0 unspecified atom stereocenters. The Morgan fingerprint density at radius 3 is 2.43 bits per heavy atom. The van der Waals surface area contributed by atoms with Crippen LogP contribution in [0.5, 0.6) is 5.75 Å². The van der Waals surface area contributed by atoms with Crippen molar-refractivity contribution in [3.63, 3.8) is 0 Å². The molecular weight excluding hydrogens is 378 g/mol. The predicted molar refractivity (Wildman–Crippen MR) is 109 cm³/mol. The van der Waals surface area contributed by atoms with Gasteiger partial charge in [-0.15, -0.1) is 0 Å². The van der Waals surface area contributed by atoms with E-state index in [1.807, 2.05) is 30.3 Å². The highest BCUT2D eigenvalue weighted by Crippen LogP contribution is 2.25. The first kappa shape index (κ1) is 19.7. The van der Waals surface area contributed by atoms with Crippen LogP contribution in [0.2, 0.25) is 5.02 Å². The fourth-order valence-corrected chi connectivity index (χ4v) is 3.26. The lowest BCUT2D eigenvalue weighted by atomic mass is 10.0. The number of nitrogens with one attached hydrogen (secondary N) is 1. The smallest absolute Gasteiger partial charge is 0.328 e. The van der Waals surface area contributed by atoms with Gasteiger partial charge >= 0.3 is 5.97 Å². The molecule has 0 radical (unpaired) electrons. The van der Waals surface area contributed by atoms with E-state index in [0.29, 0.717) is 16.3 Å². The van der Waals surface area contributed by atoms with Crippen molar-refractivity contribution in [3.8, 4) is 5.75 Å². The van der Waals surface area contributed by atoms with Gasteiger partial charge in [0.05, 0.1) is 19.2 Å². The second-order valence-electron chi connectivity index (χ2n) is 6.28. The van der Waals surface area contributed by atoms with Crippen molar-refractivity contribution in [1.82, 2.24) is 5.32 Å². The zero-order valence-corrected chi connectivity index (χ0v) is 16.3. The van der Waals surface area contributed by atoms with E-state index < -0.39 is 12.0 Å². The van der Waals surface area contributed by atoms with Crippen molar-refractivity contribution >= 4 is 34.2 Å². The number of benzene rings is 3. The largest absolute Gasteiger partial charge is 0.495 e. The summed E-state index contributed by atoms with van der Waals surface area (Å²) in [6.45, 7) is 0. The highest BCUT2D eigenvalue weighted by molar-refractivity contribution is 6.32. The molecule has 1 amide bonds. The molecule has 0 bridgehead atoms. The van der Waals surface area contributed by atoms with Crippen molar-refractivity contribution in [2.45, 2.75) is 12.5 Å². The first-order valence-corrected chi connectivity index (χ1v) is 9.09. The van der Waals surface area contributed by atoms with E-state index in [1.165, 1.54) is 14.2 Å². The van der Waals surface area contributed by atoms with Gasteiger partial charge in [-0.3, -0.25) is 4.79 Å². The van der Waals surface area contributed by atoms with Crippen molar-refractivity contribution < 1.29 is 19.1 Å². The number of hydrogen-bond donors (Lipinski definition) is 1. The number of amides is 1. The minimum atomic E-state index is -0.839. The molecule has 0 heterocycles. The maximum absolute atomic E-state index is 12.7. The molecular formula is C22H20ClNO4. The number of esters is 1. The second-order valence-corrected chi connectivity index (χ2v) is 6.69. The fraction of sp³-hybridized carbons (Fsp3) is 0.182. The Labute approximate surface area is 168 Å². The first-order chi connectivity index (χ1) is 13.5. The van der Waals surface area contributed by atoms with Gasteiger partial charge in [-0.2, -0.15) is 0 Å². The van der Waals surface area contributed by atoms with E-state index in [4.69, 9.17) is 21.1 Å². The third kappa shape index (κ3) is 4.43. The summed E-state index contributed by atoms with van der Waals surface area (Å²) in [6.07, 6.45) is 0.246. The van der Waals surface area contributed by atoms with E-state index in [2.05, 4.69) is 5.32 Å². The van der Waals surface area contributed by atoms with E-state index in [1.54, 1.807) is 30.3 Å². The van der Waals surface area contributed by atoms with Crippen LogP contribution in [-0.4, -0.2) is 32.1 Å². The van der Waals surface area contributed by atoms with Crippen molar-refractivity contribution in [1.29, 1.82) is 0 Å². The number of carbonyl (C=O) groups is 2. The molecule has 0 spiro atoms. The summed E-state index contributed by atoms with van der Waals surface area (Å²) in [7, 11) is 2.82. The van der Waals surface area contributed by atoms with Gasteiger partial charge in [0.2, 0.25) is 0 Å². The van der Waals surface area contributed by atoms with Crippen molar-refractivity contribution in [2.75, 3.05) is 14.2 Å². The zero-order chi connectivity index (χ0) is 20.1. The molecule has 0 aliphatic heterocycles. The van der Waals surface area contributed by atoms with Gasteiger partial charge in [-0.25, -0.2) is 4.79 Å². The SMILES string of the molecule is COC(=O)[C@H](Cc1ccc(OC)c(Cl)c1)NC(=O)c1ccc2ccccc2c1. The van der Waals surface area contributed by atoms with E-state index in [9.17, 15) is 9.59 Å². The summed E-state index contributed by atoms with van der Waals surface area (Å²) in [5, 5.41) is 5.18. The Morgan fingerprint density at radius 1 is 1.00 bits per heavy atom. The predicted octanol–water partition coefficient (Wildman–Crippen LogP) is 4.02. The molecule has 3 aromatic rings. The van der Waals surface area contributed by atoms with Gasteiger partial charge in [0, 0.05) is 12.0 Å².